The van der Waals surface area contributed by atoms with Crippen LogP contribution in [0.1, 0.15) is 54.7 Å². The maximum atomic E-state index is 13.9. The van der Waals surface area contributed by atoms with E-state index >= 15 is 0 Å². The molecule has 3 aromatic rings. The number of hydrogen-bond acceptors (Lipinski definition) is 7. The zero-order valence-electron chi connectivity index (χ0n) is 25.8. The summed E-state index contributed by atoms with van der Waals surface area (Å²) in [4.78, 5) is 50.3. The number of Topliss-reactive ketones (excluding diaryl/α,β-unsaturated/α-hetero) is 1. The van der Waals surface area contributed by atoms with E-state index in [9.17, 15) is 14.4 Å². The minimum atomic E-state index is -1.10. The van der Waals surface area contributed by atoms with Gasteiger partial charge in [0.2, 0.25) is 5.78 Å². The van der Waals surface area contributed by atoms with Crippen molar-refractivity contribution in [3.8, 4) is 0 Å². The second-order valence-electron chi connectivity index (χ2n) is 11.0. The van der Waals surface area contributed by atoms with Gasteiger partial charge in [-0.05, 0) is 67.5 Å². The number of nitrogens with two attached hydrogens (primary N) is 1. The fourth-order valence-corrected chi connectivity index (χ4v) is 5.80. The Kier molecular flexibility index (Phi) is 11.0. The monoisotopic (exact) mass is 584 g/mol. The second kappa shape index (κ2) is 14.9. The van der Waals surface area contributed by atoms with Crippen LogP contribution in [0.3, 0.4) is 0 Å². The summed E-state index contributed by atoms with van der Waals surface area (Å²) in [6, 6.07) is 18.3. The van der Waals surface area contributed by atoms with Crippen molar-refractivity contribution in [1.82, 2.24) is 20.1 Å². The number of likely N-dealkylation sites (N-methyl/N-ethyl adjacent to an activating group) is 1. The van der Waals surface area contributed by atoms with Crippen LogP contribution in [-0.2, 0) is 29.0 Å². The topological polar surface area (TPSA) is 112 Å². The lowest BCUT2D eigenvalue weighted by molar-refractivity contribution is -0.137. The highest BCUT2D eigenvalue weighted by molar-refractivity contribution is 6.38. The molecule has 1 aliphatic heterocycles. The van der Waals surface area contributed by atoms with E-state index in [2.05, 4.69) is 65.9 Å². The number of carbonyl (C=O) groups excluding carboxylic acids is 3. The normalized spacial score (nSPS) is 15.0. The van der Waals surface area contributed by atoms with E-state index in [4.69, 9.17) is 10.7 Å². The number of nitrogens with zero attached hydrogens (tertiary/aromatic N) is 4. The number of nitrogens with one attached hydrogen (secondary N) is 1. The molecule has 0 radical (unpaired) electrons. The van der Waals surface area contributed by atoms with Crippen LogP contribution in [0.2, 0.25) is 0 Å². The number of ketones is 1. The number of hydrogen-bond donors (Lipinski definition) is 2. The van der Waals surface area contributed by atoms with E-state index in [1.807, 2.05) is 30.3 Å². The summed E-state index contributed by atoms with van der Waals surface area (Å²) in [5.74, 6) is -1.87. The second-order valence-corrected chi connectivity index (χ2v) is 11.0. The third kappa shape index (κ3) is 7.66. The molecule has 1 aromatic heterocycles. The summed E-state index contributed by atoms with van der Waals surface area (Å²) in [7, 11) is 0. The maximum absolute atomic E-state index is 13.9. The summed E-state index contributed by atoms with van der Waals surface area (Å²) in [5.41, 5.74) is 9.98. The van der Waals surface area contributed by atoms with Crippen LogP contribution in [0, 0.1) is 0 Å². The van der Waals surface area contributed by atoms with Crippen molar-refractivity contribution in [3.63, 3.8) is 0 Å². The molecule has 43 heavy (non-hydrogen) atoms. The average Bonchev–Trinajstić information content (AvgIpc) is 3.38. The molecule has 228 valence electrons. The minimum Gasteiger partial charge on any atom is -0.363 e. The van der Waals surface area contributed by atoms with Crippen molar-refractivity contribution in [2.75, 3.05) is 37.6 Å². The molecule has 9 nitrogen and oxygen atoms in total. The Hall–Kier alpha value is -4.08. The molecule has 2 aromatic carbocycles. The Balaban J connectivity index is 1.72. The number of primary amides is 1. The number of aromatic nitrogens is 1. The molecule has 0 aliphatic carbocycles. The summed E-state index contributed by atoms with van der Waals surface area (Å²) < 4.78 is 0. The summed E-state index contributed by atoms with van der Waals surface area (Å²) in [5, 5.41) is 2.81. The fraction of sp³-hybridized carbons (Fsp3) is 0.412. The van der Waals surface area contributed by atoms with E-state index in [1.54, 1.807) is 18.3 Å². The molecule has 2 unspecified atom stereocenters. The first kappa shape index (κ1) is 31.8. The van der Waals surface area contributed by atoms with E-state index < -0.39 is 23.6 Å². The van der Waals surface area contributed by atoms with Crippen LogP contribution < -0.4 is 16.0 Å². The van der Waals surface area contributed by atoms with Crippen LogP contribution in [0.4, 0.5) is 11.5 Å². The summed E-state index contributed by atoms with van der Waals surface area (Å²) in [6.07, 6.45) is 2.66. The van der Waals surface area contributed by atoms with Gasteiger partial charge in [-0.25, -0.2) is 4.98 Å². The zero-order chi connectivity index (χ0) is 30.9. The van der Waals surface area contributed by atoms with Gasteiger partial charge in [0.15, 0.2) is 0 Å². The lowest BCUT2D eigenvalue weighted by atomic mass is 10.0. The van der Waals surface area contributed by atoms with Crippen LogP contribution in [0.5, 0.6) is 0 Å². The van der Waals surface area contributed by atoms with Crippen LogP contribution in [0.25, 0.3) is 0 Å². The Labute approximate surface area is 255 Å². The number of pyridine rings is 1. The first-order valence-corrected chi connectivity index (χ1v) is 15.3. The van der Waals surface area contributed by atoms with Gasteiger partial charge in [0.1, 0.15) is 11.9 Å². The molecule has 2 heterocycles. The molecule has 0 bridgehead atoms. The standard InChI is InChI=1S/C34H44N6O3/c1-5-38(6-2)22-25-16-17-26-21-27(23-39(7-3)8-4)40(30(26)20-25)33-28(15-12-18-36-33)34(43)37-29(31(41)32(35)42)19-24-13-10-9-11-14-24/h9-18,20,27,29H,5-8,19,21-23H2,1-4H3,(H2,35,42)(H,37,43). The molecule has 9 heteroatoms. The Morgan fingerprint density at radius 3 is 2.28 bits per heavy atom. The predicted octanol–water partition coefficient (Wildman–Crippen LogP) is 3.72. The smallest absolute Gasteiger partial charge is 0.287 e. The van der Waals surface area contributed by atoms with Gasteiger partial charge < -0.3 is 20.9 Å². The van der Waals surface area contributed by atoms with E-state index in [1.165, 1.54) is 11.1 Å². The predicted molar refractivity (Wildman–Crippen MR) is 170 cm³/mol. The van der Waals surface area contributed by atoms with E-state index in [-0.39, 0.29) is 12.5 Å². The van der Waals surface area contributed by atoms with Crippen LogP contribution in [0.15, 0.2) is 66.9 Å². The van der Waals surface area contributed by atoms with Crippen molar-refractivity contribution < 1.29 is 14.4 Å². The molecule has 0 saturated carbocycles. The number of benzene rings is 2. The average molecular weight is 585 g/mol. The Morgan fingerprint density at radius 1 is 0.930 bits per heavy atom. The SMILES string of the molecule is CCN(CC)Cc1ccc2c(c1)N(c1ncccc1C(=O)NC(Cc1ccccc1)C(=O)C(N)=O)C(CN(CC)CC)C2. The molecule has 0 saturated heterocycles. The van der Waals surface area contributed by atoms with Crippen molar-refractivity contribution in [2.45, 2.75) is 59.2 Å². The molecular weight excluding hydrogens is 540 g/mol. The van der Waals surface area contributed by atoms with Gasteiger partial charge in [0, 0.05) is 31.4 Å². The fourth-order valence-electron chi connectivity index (χ4n) is 5.80. The third-order valence-electron chi connectivity index (χ3n) is 8.30. The Morgan fingerprint density at radius 2 is 1.63 bits per heavy atom. The van der Waals surface area contributed by atoms with E-state index in [0.717, 1.165) is 56.9 Å². The summed E-state index contributed by atoms with van der Waals surface area (Å²) in [6.45, 7) is 14.0. The van der Waals surface area contributed by atoms with Crippen LogP contribution >= 0.6 is 0 Å². The maximum Gasteiger partial charge on any atom is 0.287 e. The molecule has 1 aliphatic rings. The first-order chi connectivity index (χ1) is 20.8. The molecule has 2 atom stereocenters. The number of amides is 2. The highest BCUT2D eigenvalue weighted by atomic mass is 16.2. The van der Waals surface area contributed by atoms with Gasteiger partial charge in [-0.2, -0.15) is 0 Å². The van der Waals surface area contributed by atoms with Gasteiger partial charge in [-0.15, -0.1) is 0 Å². The molecule has 3 N–H and O–H groups in total. The highest BCUT2D eigenvalue weighted by Gasteiger charge is 2.35. The zero-order valence-corrected chi connectivity index (χ0v) is 25.8. The highest BCUT2D eigenvalue weighted by Crippen LogP contribution is 2.40. The van der Waals surface area contributed by atoms with Crippen LogP contribution in [-0.4, -0.2) is 77.2 Å². The number of rotatable bonds is 15. The largest absolute Gasteiger partial charge is 0.363 e. The molecule has 2 amide bonds. The molecule has 0 fully saturated rings. The van der Waals surface area contributed by atoms with Gasteiger partial charge in [-0.1, -0.05) is 70.2 Å². The molecule has 4 rings (SSSR count). The van der Waals surface area contributed by atoms with Crippen molar-refractivity contribution in [3.05, 3.63) is 89.1 Å². The third-order valence-corrected chi connectivity index (χ3v) is 8.30. The quantitative estimate of drug-likeness (QED) is 0.262. The number of fused-ring (bicyclic) bond motifs is 1. The number of anilines is 2. The van der Waals surface area contributed by atoms with Crippen molar-refractivity contribution >= 4 is 29.1 Å². The minimum absolute atomic E-state index is 0.0624. The Bertz CT molecular complexity index is 1400. The van der Waals surface area contributed by atoms with Gasteiger partial charge in [-0.3, -0.25) is 19.3 Å². The lowest BCUT2D eigenvalue weighted by Crippen LogP contribution is -2.48. The van der Waals surface area contributed by atoms with E-state index in [0.29, 0.717) is 11.4 Å². The molecular formula is C34H44N6O3. The molecule has 0 spiro atoms. The van der Waals surface area contributed by atoms with Gasteiger partial charge in [0.05, 0.1) is 11.6 Å². The van der Waals surface area contributed by atoms with Crippen molar-refractivity contribution in [2.24, 2.45) is 5.73 Å². The lowest BCUT2D eigenvalue weighted by Gasteiger charge is -2.32. The van der Waals surface area contributed by atoms with Gasteiger partial charge >= 0.3 is 0 Å². The van der Waals surface area contributed by atoms with Gasteiger partial charge in [0.25, 0.3) is 11.8 Å². The number of carbonyl (C=O) groups is 3. The first-order valence-electron chi connectivity index (χ1n) is 15.3. The van der Waals surface area contributed by atoms with Crippen molar-refractivity contribution in [1.29, 1.82) is 0 Å². The summed E-state index contributed by atoms with van der Waals surface area (Å²) >= 11 is 0.